The van der Waals surface area contributed by atoms with E-state index in [1.54, 1.807) is 6.33 Å². The van der Waals surface area contributed by atoms with Gasteiger partial charge in [-0.3, -0.25) is 0 Å². The second-order valence-electron chi connectivity index (χ2n) is 13.9. The van der Waals surface area contributed by atoms with Crippen molar-refractivity contribution in [3.8, 4) is 67.3 Å². The summed E-state index contributed by atoms with van der Waals surface area (Å²) in [5.74, 6) is 1.24. The highest BCUT2D eigenvalue weighted by atomic mass is 32.1. The van der Waals surface area contributed by atoms with Gasteiger partial charge in [0.15, 0.2) is 11.6 Å². The van der Waals surface area contributed by atoms with Gasteiger partial charge in [0.05, 0.1) is 0 Å². The molecular formula is C51H31N3OS. The van der Waals surface area contributed by atoms with E-state index >= 15 is 0 Å². The normalized spacial score (nSPS) is 11.6. The lowest BCUT2D eigenvalue weighted by Gasteiger charge is -2.14. The van der Waals surface area contributed by atoms with E-state index in [-0.39, 0.29) is 0 Å². The average Bonchev–Trinajstić information content (AvgIpc) is 3.86. The number of nitrogens with zero attached hydrogens (tertiary/aromatic N) is 3. The van der Waals surface area contributed by atoms with Crippen LogP contribution in [0.3, 0.4) is 0 Å². The van der Waals surface area contributed by atoms with Gasteiger partial charge >= 0.3 is 0 Å². The lowest BCUT2D eigenvalue weighted by Crippen LogP contribution is -1.95. The number of rotatable bonds is 6. The van der Waals surface area contributed by atoms with Gasteiger partial charge < -0.3 is 4.42 Å². The van der Waals surface area contributed by atoms with Gasteiger partial charge in [-0.25, -0.2) is 15.0 Å². The summed E-state index contributed by atoms with van der Waals surface area (Å²) in [5.41, 5.74) is 12.9. The number of aromatic nitrogens is 3. The molecule has 0 unspecified atom stereocenters. The molecule has 0 aliphatic carbocycles. The summed E-state index contributed by atoms with van der Waals surface area (Å²) in [5, 5.41) is 4.52. The summed E-state index contributed by atoms with van der Waals surface area (Å²) in [6.07, 6.45) is 1.60. The van der Waals surface area contributed by atoms with Crippen LogP contribution in [0.4, 0.5) is 0 Å². The predicted molar refractivity (Wildman–Crippen MR) is 233 cm³/mol. The Hall–Kier alpha value is -7.21. The second-order valence-corrected chi connectivity index (χ2v) is 15.0. The van der Waals surface area contributed by atoms with Crippen molar-refractivity contribution >= 4 is 53.4 Å². The summed E-state index contributed by atoms with van der Waals surface area (Å²) < 4.78 is 9.13. The molecule has 0 saturated carbocycles. The number of hydrogen-bond donors (Lipinski definition) is 0. The maximum atomic E-state index is 6.63. The summed E-state index contributed by atoms with van der Waals surface area (Å²) in [6, 6.07) is 64.3. The van der Waals surface area contributed by atoms with E-state index < -0.39 is 0 Å². The van der Waals surface area contributed by atoms with Gasteiger partial charge in [-0.1, -0.05) is 152 Å². The number of benzene rings is 8. The van der Waals surface area contributed by atoms with E-state index in [1.807, 2.05) is 53.8 Å². The van der Waals surface area contributed by atoms with E-state index in [0.29, 0.717) is 11.6 Å². The Morgan fingerprint density at radius 3 is 1.71 bits per heavy atom. The third-order valence-corrected chi connectivity index (χ3v) is 11.9. The fraction of sp³-hybridized carbons (Fsp3) is 0. The number of thiophene rings is 1. The number of furan rings is 1. The minimum absolute atomic E-state index is 0.606. The molecule has 0 radical (unpaired) electrons. The molecule has 0 saturated heterocycles. The Kier molecular flexibility index (Phi) is 7.64. The van der Waals surface area contributed by atoms with E-state index in [4.69, 9.17) is 14.4 Å². The van der Waals surface area contributed by atoms with Crippen LogP contribution in [-0.4, -0.2) is 15.0 Å². The molecule has 11 rings (SSSR count). The van der Waals surface area contributed by atoms with Crippen LogP contribution in [0.2, 0.25) is 0 Å². The lowest BCUT2D eigenvalue weighted by molar-refractivity contribution is 0.669. The van der Waals surface area contributed by atoms with E-state index in [0.717, 1.165) is 49.8 Å². The van der Waals surface area contributed by atoms with Crippen LogP contribution in [0.5, 0.6) is 0 Å². The van der Waals surface area contributed by atoms with Crippen LogP contribution >= 0.6 is 11.3 Å². The largest absolute Gasteiger partial charge is 0.456 e. The molecular weight excluding hydrogens is 703 g/mol. The fourth-order valence-electron chi connectivity index (χ4n) is 8.07. The molecule has 5 heteroatoms. The zero-order valence-corrected chi connectivity index (χ0v) is 30.9. The first kappa shape index (κ1) is 32.2. The first-order valence-corrected chi connectivity index (χ1v) is 19.5. The molecule has 0 atom stereocenters. The third kappa shape index (κ3) is 5.40. The fourth-order valence-corrected chi connectivity index (χ4v) is 9.28. The Balaban J connectivity index is 1.14. The molecule has 0 bridgehead atoms. The molecule has 0 fully saturated rings. The number of fused-ring (bicyclic) bond motifs is 6. The number of hydrogen-bond acceptors (Lipinski definition) is 5. The van der Waals surface area contributed by atoms with Gasteiger partial charge in [-0.2, -0.15) is 0 Å². The van der Waals surface area contributed by atoms with Crippen LogP contribution in [0.15, 0.2) is 193 Å². The van der Waals surface area contributed by atoms with Crippen molar-refractivity contribution in [2.75, 3.05) is 0 Å². The molecule has 8 aromatic carbocycles. The molecule has 262 valence electrons. The highest BCUT2D eigenvalue weighted by Gasteiger charge is 2.22. The SMILES string of the molecule is c1ccc(-c2ccc(-c3ccccc3-c3cc(-c4cccc5oc6cccc(-c7ncnc(-c8ccccc8)n7)c6c45)c4sc5ccccc5c4c3)cc2)cc1. The van der Waals surface area contributed by atoms with E-state index in [1.165, 1.54) is 48.0 Å². The topological polar surface area (TPSA) is 51.8 Å². The summed E-state index contributed by atoms with van der Waals surface area (Å²) >= 11 is 1.84. The Morgan fingerprint density at radius 2 is 0.946 bits per heavy atom. The predicted octanol–water partition coefficient (Wildman–Crippen LogP) is 14.1. The average molecular weight is 734 g/mol. The summed E-state index contributed by atoms with van der Waals surface area (Å²) in [7, 11) is 0. The quantitative estimate of drug-likeness (QED) is 0.171. The zero-order chi connectivity index (χ0) is 37.0. The van der Waals surface area contributed by atoms with Crippen molar-refractivity contribution in [1.29, 1.82) is 0 Å². The molecule has 3 aromatic heterocycles. The molecule has 56 heavy (non-hydrogen) atoms. The van der Waals surface area contributed by atoms with Crippen LogP contribution in [0.25, 0.3) is 109 Å². The molecule has 3 heterocycles. The van der Waals surface area contributed by atoms with Gasteiger partial charge in [0, 0.05) is 47.6 Å². The summed E-state index contributed by atoms with van der Waals surface area (Å²) in [6.45, 7) is 0. The van der Waals surface area contributed by atoms with Crippen molar-refractivity contribution in [2.45, 2.75) is 0 Å². The van der Waals surface area contributed by atoms with E-state index in [9.17, 15) is 0 Å². The van der Waals surface area contributed by atoms with Crippen LogP contribution in [0, 0.1) is 0 Å². The van der Waals surface area contributed by atoms with Gasteiger partial charge in [0.2, 0.25) is 0 Å². The molecule has 0 amide bonds. The van der Waals surface area contributed by atoms with E-state index in [2.05, 4.69) is 145 Å². The molecule has 0 aliphatic rings. The summed E-state index contributed by atoms with van der Waals surface area (Å²) in [4.78, 5) is 14.2. The van der Waals surface area contributed by atoms with Gasteiger partial charge in [0.25, 0.3) is 0 Å². The Bertz CT molecular complexity index is 3240. The third-order valence-electron chi connectivity index (χ3n) is 10.7. The molecule has 11 aromatic rings. The minimum Gasteiger partial charge on any atom is -0.456 e. The van der Waals surface area contributed by atoms with Crippen molar-refractivity contribution in [3.05, 3.63) is 188 Å². The Labute approximate surface area is 327 Å². The Morgan fingerprint density at radius 1 is 0.375 bits per heavy atom. The van der Waals surface area contributed by atoms with Crippen molar-refractivity contribution in [2.24, 2.45) is 0 Å². The van der Waals surface area contributed by atoms with Crippen LogP contribution in [-0.2, 0) is 0 Å². The second kappa shape index (κ2) is 13.3. The van der Waals surface area contributed by atoms with Gasteiger partial charge in [-0.05, 0) is 69.3 Å². The monoisotopic (exact) mass is 733 g/mol. The highest BCUT2D eigenvalue weighted by molar-refractivity contribution is 7.26. The van der Waals surface area contributed by atoms with Crippen molar-refractivity contribution in [1.82, 2.24) is 15.0 Å². The highest BCUT2D eigenvalue weighted by Crippen LogP contribution is 2.48. The standard InChI is InChI=1S/C51H31N3OS/c1-3-13-32(14-4-1)33-25-27-34(28-26-33)37-17-7-8-18-38(37)36-29-42-39-19-9-10-24-46(39)56-49(42)43(30-36)40-20-11-22-44-47(40)48-41(21-12-23-45(48)55-44)51-53-31-52-50(54-51)35-15-5-2-6-16-35/h1-31H. The maximum Gasteiger partial charge on any atom is 0.164 e. The minimum atomic E-state index is 0.606. The van der Waals surface area contributed by atoms with Crippen LogP contribution in [0.1, 0.15) is 0 Å². The molecule has 0 aliphatic heterocycles. The molecule has 0 N–H and O–H groups in total. The van der Waals surface area contributed by atoms with Gasteiger partial charge in [0.1, 0.15) is 17.5 Å². The molecule has 0 spiro atoms. The van der Waals surface area contributed by atoms with Crippen molar-refractivity contribution < 1.29 is 4.42 Å². The lowest BCUT2D eigenvalue weighted by atomic mass is 9.89. The molecule has 4 nitrogen and oxygen atoms in total. The first-order valence-electron chi connectivity index (χ1n) is 18.7. The smallest absolute Gasteiger partial charge is 0.164 e. The van der Waals surface area contributed by atoms with Crippen molar-refractivity contribution in [3.63, 3.8) is 0 Å². The zero-order valence-electron chi connectivity index (χ0n) is 30.1. The van der Waals surface area contributed by atoms with Gasteiger partial charge in [-0.15, -0.1) is 11.3 Å². The maximum absolute atomic E-state index is 6.63. The van der Waals surface area contributed by atoms with Crippen LogP contribution < -0.4 is 0 Å². The first-order chi connectivity index (χ1) is 27.8.